The van der Waals surface area contributed by atoms with E-state index in [1.54, 1.807) is 11.8 Å². The number of nitrogens with one attached hydrogen (secondary N) is 2. The number of halogens is 1. The topological polar surface area (TPSA) is 61.4 Å². The fourth-order valence-electron chi connectivity index (χ4n) is 1.86. The van der Waals surface area contributed by atoms with Gasteiger partial charge < -0.3 is 15.7 Å². The number of thiophene rings is 1. The number of hydrogen-bond acceptors (Lipinski definition) is 4. The molecule has 1 aromatic rings. The monoisotopic (exact) mass is 320 g/mol. The molecule has 1 fully saturated rings. The van der Waals surface area contributed by atoms with Crippen LogP contribution in [0.5, 0.6) is 0 Å². The molecule has 7 heteroatoms. The second kappa shape index (κ2) is 6.35. The summed E-state index contributed by atoms with van der Waals surface area (Å²) < 4.78 is 0.710. The number of amides is 2. The van der Waals surface area contributed by atoms with Crippen LogP contribution in [0.2, 0.25) is 4.34 Å². The fraction of sp³-hybridized carbons (Fsp3) is 0.583. The van der Waals surface area contributed by atoms with Crippen LogP contribution in [0.15, 0.2) is 12.1 Å². The van der Waals surface area contributed by atoms with Gasteiger partial charge in [-0.3, -0.25) is 0 Å². The van der Waals surface area contributed by atoms with E-state index in [0.29, 0.717) is 16.6 Å². The summed E-state index contributed by atoms with van der Waals surface area (Å²) in [4.78, 5) is 12.8. The van der Waals surface area contributed by atoms with Gasteiger partial charge in [-0.15, -0.1) is 11.3 Å². The number of urea groups is 1. The molecular formula is C12H17ClN2O2S2. The van der Waals surface area contributed by atoms with Gasteiger partial charge in [0.1, 0.15) is 0 Å². The number of hydrogen-bond donors (Lipinski definition) is 3. The highest BCUT2D eigenvalue weighted by Gasteiger charge is 2.32. The number of thioether (sulfide) groups is 1. The zero-order valence-electron chi connectivity index (χ0n) is 10.6. The highest BCUT2D eigenvalue weighted by molar-refractivity contribution is 7.99. The van der Waals surface area contributed by atoms with Gasteiger partial charge in [0.15, 0.2) is 0 Å². The van der Waals surface area contributed by atoms with Gasteiger partial charge in [-0.05, 0) is 31.2 Å². The summed E-state index contributed by atoms with van der Waals surface area (Å²) in [6.45, 7) is 2.20. The van der Waals surface area contributed by atoms with Crippen LogP contribution >= 0.6 is 34.7 Å². The zero-order chi connectivity index (χ0) is 13.9. The van der Waals surface area contributed by atoms with E-state index in [0.717, 1.165) is 17.1 Å². The summed E-state index contributed by atoms with van der Waals surface area (Å²) in [5, 5.41) is 15.7. The first-order chi connectivity index (χ1) is 8.98. The Morgan fingerprint density at radius 3 is 3.00 bits per heavy atom. The van der Waals surface area contributed by atoms with Crippen LogP contribution in [0.4, 0.5) is 4.79 Å². The van der Waals surface area contributed by atoms with Crippen LogP contribution in [-0.4, -0.2) is 34.8 Å². The van der Waals surface area contributed by atoms with Gasteiger partial charge in [-0.25, -0.2) is 4.79 Å². The molecule has 2 atom stereocenters. The summed E-state index contributed by atoms with van der Waals surface area (Å²) >= 11 is 9.02. The SMILES string of the molecule is CC(NC(=O)NCC1(O)CCSC1)c1ccc(Cl)s1. The summed E-state index contributed by atoms with van der Waals surface area (Å²) in [5.41, 5.74) is -0.752. The predicted molar refractivity (Wildman–Crippen MR) is 81.2 cm³/mol. The second-order valence-electron chi connectivity index (χ2n) is 4.72. The molecule has 0 radical (unpaired) electrons. The number of carbonyl (C=O) groups excluding carboxylic acids is 1. The minimum atomic E-state index is -0.752. The molecule has 0 bridgehead atoms. The first kappa shape index (κ1) is 15.0. The van der Waals surface area contributed by atoms with Crippen molar-refractivity contribution in [2.75, 3.05) is 18.1 Å². The first-order valence-electron chi connectivity index (χ1n) is 6.08. The largest absolute Gasteiger partial charge is 0.387 e. The van der Waals surface area contributed by atoms with Crippen molar-refractivity contribution in [2.24, 2.45) is 0 Å². The molecule has 0 aliphatic carbocycles. The highest BCUT2D eigenvalue weighted by Crippen LogP contribution is 2.27. The maximum absolute atomic E-state index is 11.8. The molecule has 1 aliphatic rings. The van der Waals surface area contributed by atoms with E-state index in [2.05, 4.69) is 10.6 Å². The van der Waals surface area contributed by atoms with Crippen molar-refractivity contribution in [1.82, 2.24) is 10.6 Å². The molecule has 19 heavy (non-hydrogen) atoms. The van der Waals surface area contributed by atoms with Gasteiger partial charge in [-0.2, -0.15) is 11.8 Å². The van der Waals surface area contributed by atoms with Crippen molar-refractivity contribution in [3.05, 3.63) is 21.3 Å². The lowest BCUT2D eigenvalue weighted by Crippen LogP contribution is -2.46. The second-order valence-corrected chi connectivity index (χ2v) is 7.57. The van der Waals surface area contributed by atoms with E-state index < -0.39 is 5.60 Å². The molecular weight excluding hydrogens is 304 g/mol. The summed E-state index contributed by atoms with van der Waals surface area (Å²) in [6.07, 6.45) is 0.730. The van der Waals surface area contributed by atoms with Gasteiger partial charge in [0.2, 0.25) is 0 Å². The third kappa shape index (κ3) is 4.27. The van der Waals surface area contributed by atoms with Gasteiger partial charge in [0.05, 0.1) is 16.0 Å². The normalized spacial score (nSPS) is 24.2. The highest BCUT2D eigenvalue weighted by atomic mass is 35.5. The Labute approximate surface area is 125 Å². The smallest absolute Gasteiger partial charge is 0.315 e. The molecule has 1 aromatic heterocycles. The van der Waals surface area contributed by atoms with Crippen molar-refractivity contribution in [2.45, 2.75) is 25.0 Å². The molecule has 0 spiro atoms. The summed E-state index contributed by atoms with van der Waals surface area (Å²) in [7, 11) is 0. The lowest BCUT2D eigenvalue weighted by atomic mass is 10.0. The Bertz CT molecular complexity index is 447. The average molecular weight is 321 g/mol. The number of rotatable bonds is 4. The Hall–Kier alpha value is -0.430. The van der Waals surface area contributed by atoms with Crippen molar-refractivity contribution in [1.29, 1.82) is 0 Å². The Morgan fingerprint density at radius 1 is 1.63 bits per heavy atom. The molecule has 2 rings (SSSR count). The van der Waals surface area contributed by atoms with Gasteiger partial charge in [0.25, 0.3) is 0 Å². The molecule has 2 unspecified atom stereocenters. The maximum Gasteiger partial charge on any atom is 0.315 e. The van der Waals surface area contributed by atoms with Crippen LogP contribution in [0.3, 0.4) is 0 Å². The fourth-order valence-corrected chi connectivity index (χ4v) is 4.22. The minimum Gasteiger partial charge on any atom is -0.387 e. The van der Waals surface area contributed by atoms with Crippen LogP contribution in [0.25, 0.3) is 0 Å². The molecule has 1 aliphatic heterocycles. The minimum absolute atomic E-state index is 0.0925. The molecule has 3 N–H and O–H groups in total. The third-order valence-corrected chi connectivity index (χ3v) is 5.68. The molecule has 0 aromatic carbocycles. The van der Waals surface area contributed by atoms with E-state index in [-0.39, 0.29) is 12.1 Å². The Morgan fingerprint density at radius 2 is 2.42 bits per heavy atom. The summed E-state index contributed by atoms with van der Waals surface area (Å²) in [5.74, 6) is 1.63. The Kier molecular flexibility index (Phi) is 5.00. The van der Waals surface area contributed by atoms with Crippen LogP contribution in [-0.2, 0) is 0 Å². The van der Waals surface area contributed by atoms with Crippen molar-refractivity contribution in [3.63, 3.8) is 0 Å². The summed E-state index contributed by atoms with van der Waals surface area (Å²) in [6, 6.07) is 3.36. The quantitative estimate of drug-likeness (QED) is 0.799. The van der Waals surface area contributed by atoms with E-state index in [9.17, 15) is 9.90 Å². The van der Waals surface area contributed by atoms with E-state index in [1.807, 2.05) is 19.1 Å². The lowest BCUT2D eigenvalue weighted by Gasteiger charge is -2.22. The van der Waals surface area contributed by atoms with Crippen molar-refractivity contribution >= 4 is 40.7 Å². The van der Waals surface area contributed by atoms with Crippen molar-refractivity contribution in [3.8, 4) is 0 Å². The number of carbonyl (C=O) groups is 1. The third-order valence-electron chi connectivity index (χ3n) is 3.03. The predicted octanol–water partition coefficient (Wildman–Crippen LogP) is 2.63. The lowest BCUT2D eigenvalue weighted by molar-refractivity contribution is 0.0699. The van der Waals surface area contributed by atoms with Gasteiger partial charge in [0, 0.05) is 17.2 Å². The van der Waals surface area contributed by atoms with Crippen LogP contribution in [0.1, 0.15) is 24.3 Å². The molecule has 4 nitrogen and oxygen atoms in total. The van der Waals surface area contributed by atoms with Crippen LogP contribution in [0, 0.1) is 0 Å². The molecule has 106 valence electrons. The number of aliphatic hydroxyl groups is 1. The molecule has 1 saturated heterocycles. The molecule has 2 amide bonds. The average Bonchev–Trinajstić information content (AvgIpc) is 2.96. The van der Waals surface area contributed by atoms with Gasteiger partial charge in [-0.1, -0.05) is 11.6 Å². The van der Waals surface area contributed by atoms with E-state index in [4.69, 9.17) is 11.6 Å². The van der Waals surface area contributed by atoms with Crippen molar-refractivity contribution < 1.29 is 9.90 Å². The first-order valence-corrected chi connectivity index (χ1v) is 8.43. The van der Waals surface area contributed by atoms with E-state index in [1.165, 1.54) is 11.3 Å². The van der Waals surface area contributed by atoms with E-state index >= 15 is 0 Å². The standard InChI is InChI=1S/C12H17ClN2O2S2/c1-8(9-2-3-10(13)19-9)15-11(16)14-6-12(17)4-5-18-7-12/h2-3,8,17H,4-7H2,1H3,(H2,14,15,16). The van der Waals surface area contributed by atoms with Crippen LogP contribution < -0.4 is 10.6 Å². The Balaban J connectivity index is 1.78. The zero-order valence-corrected chi connectivity index (χ0v) is 13.0. The maximum atomic E-state index is 11.8. The van der Waals surface area contributed by atoms with Gasteiger partial charge >= 0.3 is 6.03 Å². The molecule has 2 heterocycles. The molecule has 0 saturated carbocycles.